The number of benzene rings is 1. The molecule has 1 unspecified atom stereocenters. The van der Waals surface area contributed by atoms with Crippen molar-refractivity contribution in [3.8, 4) is 0 Å². The predicted molar refractivity (Wildman–Crippen MR) is 55.1 cm³/mol. The van der Waals surface area contributed by atoms with Crippen molar-refractivity contribution in [2.75, 3.05) is 0 Å². The fraction of sp³-hybridized carbons (Fsp3) is 0.273. The van der Waals surface area contributed by atoms with Gasteiger partial charge in [0.2, 0.25) is 5.91 Å². The summed E-state index contributed by atoms with van der Waals surface area (Å²) in [5.74, 6) is -2.58. The average Bonchev–Trinajstić information content (AvgIpc) is 2.26. The quantitative estimate of drug-likeness (QED) is 0.724. The maximum Gasteiger partial charge on any atom is 0.315 e. The second-order valence-electron chi connectivity index (χ2n) is 3.26. The van der Waals surface area contributed by atoms with Gasteiger partial charge in [-0.1, -0.05) is 30.3 Å². The Hall–Kier alpha value is -1.84. The lowest BCUT2D eigenvalue weighted by Gasteiger charge is -2.07. The van der Waals surface area contributed by atoms with Crippen LogP contribution in [0.1, 0.15) is 12.5 Å². The first-order chi connectivity index (χ1) is 7.11. The molecule has 4 nitrogen and oxygen atoms in total. The van der Waals surface area contributed by atoms with Crippen molar-refractivity contribution in [1.82, 2.24) is 5.32 Å². The van der Waals surface area contributed by atoms with Crippen LogP contribution >= 0.6 is 0 Å². The third kappa shape index (κ3) is 3.42. The summed E-state index contributed by atoms with van der Waals surface area (Å²) in [6.45, 7) is 1.72. The van der Waals surface area contributed by atoms with E-state index in [2.05, 4.69) is 5.32 Å². The van der Waals surface area contributed by atoms with Crippen molar-refractivity contribution in [3.63, 3.8) is 0 Å². The Balaban J connectivity index is 2.44. The van der Waals surface area contributed by atoms with Crippen molar-refractivity contribution >= 4 is 11.9 Å². The molecule has 1 atom stereocenters. The zero-order valence-corrected chi connectivity index (χ0v) is 8.43. The number of rotatable bonds is 4. The van der Waals surface area contributed by atoms with Gasteiger partial charge in [0.05, 0.1) is 0 Å². The Morgan fingerprint density at radius 2 is 1.93 bits per heavy atom. The van der Waals surface area contributed by atoms with E-state index in [9.17, 15) is 9.59 Å². The molecule has 0 bridgehead atoms. The minimum absolute atomic E-state index is 0.358. The van der Waals surface area contributed by atoms with Gasteiger partial charge >= 0.3 is 5.97 Å². The molecule has 0 heterocycles. The summed E-state index contributed by atoms with van der Waals surface area (Å²) < 4.78 is 0. The van der Waals surface area contributed by atoms with Gasteiger partial charge in [-0.25, -0.2) is 0 Å². The smallest absolute Gasteiger partial charge is 0.315 e. The lowest BCUT2D eigenvalue weighted by Crippen LogP contribution is -2.33. The predicted octanol–water partition coefficient (Wildman–Crippen LogP) is 1.02. The second-order valence-corrected chi connectivity index (χ2v) is 3.26. The maximum absolute atomic E-state index is 11.3. The Bertz CT molecular complexity index is 348. The zero-order chi connectivity index (χ0) is 11.3. The molecule has 1 aromatic rings. The monoisotopic (exact) mass is 207 g/mol. The molecule has 1 amide bonds. The fourth-order valence-electron chi connectivity index (χ4n) is 1.05. The summed E-state index contributed by atoms with van der Waals surface area (Å²) in [6, 6.07) is 9.34. The Morgan fingerprint density at radius 1 is 1.33 bits per heavy atom. The summed E-state index contributed by atoms with van der Waals surface area (Å²) in [5.41, 5.74) is 0.948. The summed E-state index contributed by atoms with van der Waals surface area (Å²) in [7, 11) is 0. The molecular weight excluding hydrogens is 194 g/mol. The number of carbonyl (C=O) groups excluding carboxylic acids is 1. The Morgan fingerprint density at radius 3 is 2.47 bits per heavy atom. The molecule has 0 aliphatic carbocycles. The van der Waals surface area contributed by atoms with Gasteiger partial charge in [-0.3, -0.25) is 9.59 Å². The SMILES string of the molecule is CC(C(=O)O)C(=O)NCc1ccccc1. The summed E-state index contributed by atoms with van der Waals surface area (Å²) in [6.07, 6.45) is 0. The van der Waals surface area contributed by atoms with Crippen molar-refractivity contribution in [1.29, 1.82) is 0 Å². The first-order valence-electron chi connectivity index (χ1n) is 4.65. The van der Waals surface area contributed by atoms with Crippen LogP contribution in [0, 0.1) is 5.92 Å². The minimum Gasteiger partial charge on any atom is -0.481 e. The van der Waals surface area contributed by atoms with Gasteiger partial charge in [-0.05, 0) is 12.5 Å². The molecule has 0 aliphatic rings. The van der Waals surface area contributed by atoms with Crippen LogP contribution < -0.4 is 5.32 Å². The highest BCUT2D eigenvalue weighted by Gasteiger charge is 2.19. The number of nitrogens with one attached hydrogen (secondary N) is 1. The van der Waals surface area contributed by atoms with E-state index in [1.54, 1.807) is 0 Å². The third-order valence-electron chi connectivity index (χ3n) is 2.07. The topological polar surface area (TPSA) is 66.4 Å². The highest BCUT2D eigenvalue weighted by Crippen LogP contribution is 1.99. The van der Waals surface area contributed by atoms with E-state index in [-0.39, 0.29) is 0 Å². The van der Waals surface area contributed by atoms with Gasteiger partial charge in [0.25, 0.3) is 0 Å². The van der Waals surface area contributed by atoms with Crippen LogP contribution in [0.2, 0.25) is 0 Å². The van der Waals surface area contributed by atoms with Gasteiger partial charge in [-0.15, -0.1) is 0 Å². The maximum atomic E-state index is 11.3. The molecule has 0 saturated carbocycles. The molecule has 1 rings (SSSR count). The Kier molecular flexibility index (Phi) is 3.85. The number of carboxylic acid groups (broad SMARTS) is 1. The van der Waals surface area contributed by atoms with Gasteiger partial charge in [-0.2, -0.15) is 0 Å². The van der Waals surface area contributed by atoms with Crippen molar-refractivity contribution < 1.29 is 14.7 Å². The van der Waals surface area contributed by atoms with Crippen LogP contribution in [-0.2, 0) is 16.1 Å². The number of carbonyl (C=O) groups is 2. The fourth-order valence-corrected chi connectivity index (χ4v) is 1.05. The first-order valence-corrected chi connectivity index (χ1v) is 4.65. The molecule has 0 radical (unpaired) electrons. The molecule has 0 aromatic heterocycles. The third-order valence-corrected chi connectivity index (χ3v) is 2.07. The molecule has 1 aromatic carbocycles. The Labute approximate surface area is 87.9 Å². The molecule has 2 N–H and O–H groups in total. The number of aliphatic carboxylic acids is 1. The van der Waals surface area contributed by atoms with E-state index in [0.29, 0.717) is 6.54 Å². The summed E-state index contributed by atoms with van der Waals surface area (Å²) >= 11 is 0. The summed E-state index contributed by atoms with van der Waals surface area (Å²) in [4.78, 5) is 21.8. The minimum atomic E-state index is -1.11. The van der Waals surface area contributed by atoms with E-state index in [1.807, 2.05) is 30.3 Å². The molecule has 4 heteroatoms. The molecule has 0 spiro atoms. The second kappa shape index (κ2) is 5.14. The highest BCUT2D eigenvalue weighted by atomic mass is 16.4. The first kappa shape index (κ1) is 11.2. The molecule has 15 heavy (non-hydrogen) atoms. The van der Waals surface area contributed by atoms with Crippen LogP contribution in [0.3, 0.4) is 0 Å². The lowest BCUT2D eigenvalue weighted by molar-refractivity contribution is -0.146. The van der Waals surface area contributed by atoms with Crippen molar-refractivity contribution in [2.24, 2.45) is 5.92 Å². The van der Waals surface area contributed by atoms with E-state index in [1.165, 1.54) is 6.92 Å². The van der Waals surface area contributed by atoms with E-state index < -0.39 is 17.8 Å². The zero-order valence-electron chi connectivity index (χ0n) is 8.43. The van der Waals surface area contributed by atoms with Crippen LogP contribution in [0.25, 0.3) is 0 Å². The average molecular weight is 207 g/mol. The van der Waals surface area contributed by atoms with Gasteiger partial charge in [0.1, 0.15) is 5.92 Å². The van der Waals surface area contributed by atoms with Gasteiger partial charge in [0.15, 0.2) is 0 Å². The van der Waals surface area contributed by atoms with E-state index in [4.69, 9.17) is 5.11 Å². The van der Waals surface area contributed by atoms with Crippen LogP contribution in [0.5, 0.6) is 0 Å². The summed E-state index contributed by atoms with van der Waals surface area (Å²) in [5, 5.41) is 11.1. The van der Waals surface area contributed by atoms with Crippen LogP contribution in [-0.4, -0.2) is 17.0 Å². The van der Waals surface area contributed by atoms with Crippen LogP contribution in [0.15, 0.2) is 30.3 Å². The standard InChI is InChI=1S/C11H13NO3/c1-8(11(14)15)10(13)12-7-9-5-3-2-4-6-9/h2-6,8H,7H2,1H3,(H,12,13)(H,14,15). The van der Waals surface area contributed by atoms with Gasteiger partial charge in [0, 0.05) is 6.54 Å². The number of amides is 1. The molecule has 0 saturated heterocycles. The van der Waals surface area contributed by atoms with Crippen LogP contribution in [0.4, 0.5) is 0 Å². The number of hydrogen-bond donors (Lipinski definition) is 2. The lowest BCUT2D eigenvalue weighted by atomic mass is 10.1. The van der Waals surface area contributed by atoms with Gasteiger partial charge < -0.3 is 10.4 Å². The normalized spacial score (nSPS) is 11.8. The number of carboxylic acids is 1. The molecule has 0 aliphatic heterocycles. The van der Waals surface area contributed by atoms with E-state index in [0.717, 1.165) is 5.56 Å². The molecule has 80 valence electrons. The number of hydrogen-bond acceptors (Lipinski definition) is 2. The largest absolute Gasteiger partial charge is 0.481 e. The van der Waals surface area contributed by atoms with Crippen molar-refractivity contribution in [2.45, 2.75) is 13.5 Å². The molecular formula is C11H13NO3. The molecule has 0 fully saturated rings. The highest BCUT2D eigenvalue weighted by molar-refractivity contribution is 5.96. The van der Waals surface area contributed by atoms with E-state index >= 15 is 0 Å². The van der Waals surface area contributed by atoms with Crippen molar-refractivity contribution in [3.05, 3.63) is 35.9 Å².